The highest BCUT2D eigenvalue weighted by molar-refractivity contribution is 6.31. The van der Waals surface area contributed by atoms with E-state index >= 15 is 0 Å². The molecule has 2 aromatic rings. The number of rotatable bonds is 5. The molecule has 114 valence electrons. The van der Waals surface area contributed by atoms with E-state index in [2.05, 4.69) is 34.4 Å². The summed E-state index contributed by atoms with van der Waals surface area (Å²) >= 11 is 6.01. The van der Waals surface area contributed by atoms with E-state index in [9.17, 15) is 0 Å². The second-order valence-corrected chi connectivity index (χ2v) is 6.14. The topological polar surface area (TPSA) is 40.3 Å². The van der Waals surface area contributed by atoms with Gasteiger partial charge in [0.2, 0.25) is 0 Å². The number of hydrogen-bond donors (Lipinski definition) is 2. The van der Waals surface area contributed by atoms with Gasteiger partial charge in [-0.2, -0.15) is 0 Å². The SMILES string of the molecule is CC(CN1CCOCC1)NCc1c[nH]c2cc(Cl)ccc12. The third kappa shape index (κ3) is 3.77. The predicted octanol–water partition coefficient (Wildman–Crippen LogP) is 2.63. The summed E-state index contributed by atoms with van der Waals surface area (Å²) < 4.78 is 5.38. The molecule has 0 aliphatic carbocycles. The average molecular weight is 308 g/mol. The van der Waals surface area contributed by atoms with Crippen molar-refractivity contribution in [3.8, 4) is 0 Å². The Hall–Kier alpha value is -1.07. The van der Waals surface area contributed by atoms with Crippen molar-refractivity contribution in [2.24, 2.45) is 0 Å². The molecule has 0 radical (unpaired) electrons. The van der Waals surface area contributed by atoms with Crippen LogP contribution in [0.3, 0.4) is 0 Å². The molecule has 1 aliphatic rings. The van der Waals surface area contributed by atoms with Crippen LogP contribution in [-0.4, -0.2) is 48.8 Å². The van der Waals surface area contributed by atoms with Gasteiger partial charge in [0.25, 0.3) is 0 Å². The third-order valence-corrected chi connectivity index (χ3v) is 4.24. The largest absolute Gasteiger partial charge is 0.379 e. The number of aromatic amines is 1. The average Bonchev–Trinajstić information content (AvgIpc) is 2.88. The van der Waals surface area contributed by atoms with Crippen LogP contribution in [0, 0.1) is 0 Å². The van der Waals surface area contributed by atoms with Gasteiger partial charge < -0.3 is 15.0 Å². The number of H-pyrrole nitrogens is 1. The number of nitrogens with zero attached hydrogens (tertiary/aromatic N) is 1. The zero-order chi connectivity index (χ0) is 14.7. The Bertz CT molecular complexity index is 592. The molecule has 2 heterocycles. The number of nitrogens with one attached hydrogen (secondary N) is 2. The summed E-state index contributed by atoms with van der Waals surface area (Å²) in [5.41, 5.74) is 2.38. The van der Waals surface area contributed by atoms with Gasteiger partial charge in [-0.1, -0.05) is 17.7 Å². The molecule has 2 N–H and O–H groups in total. The van der Waals surface area contributed by atoms with Gasteiger partial charge in [0, 0.05) is 54.3 Å². The van der Waals surface area contributed by atoms with Gasteiger partial charge in [0.1, 0.15) is 0 Å². The van der Waals surface area contributed by atoms with Crippen molar-refractivity contribution in [1.82, 2.24) is 15.2 Å². The molecule has 1 aromatic heterocycles. The van der Waals surface area contributed by atoms with Crippen LogP contribution in [0.2, 0.25) is 5.02 Å². The lowest BCUT2D eigenvalue weighted by atomic mass is 10.1. The maximum atomic E-state index is 6.01. The van der Waals surface area contributed by atoms with Gasteiger partial charge in [0.05, 0.1) is 13.2 Å². The second-order valence-electron chi connectivity index (χ2n) is 5.70. The van der Waals surface area contributed by atoms with E-state index in [1.165, 1.54) is 10.9 Å². The van der Waals surface area contributed by atoms with Crippen LogP contribution in [-0.2, 0) is 11.3 Å². The lowest BCUT2D eigenvalue weighted by Crippen LogP contribution is -2.44. The first kappa shape index (κ1) is 14.9. The van der Waals surface area contributed by atoms with E-state index in [1.54, 1.807) is 0 Å². The van der Waals surface area contributed by atoms with Gasteiger partial charge >= 0.3 is 0 Å². The van der Waals surface area contributed by atoms with Gasteiger partial charge in [-0.3, -0.25) is 4.90 Å². The van der Waals surface area contributed by atoms with Crippen molar-refractivity contribution < 1.29 is 4.74 Å². The molecular formula is C16H22ClN3O. The second kappa shape index (κ2) is 6.79. The number of aromatic nitrogens is 1. The fraction of sp³-hybridized carbons (Fsp3) is 0.500. The van der Waals surface area contributed by atoms with Crippen LogP contribution in [0.25, 0.3) is 10.9 Å². The molecule has 1 aliphatic heterocycles. The maximum absolute atomic E-state index is 6.01. The molecule has 0 spiro atoms. The molecule has 0 amide bonds. The Kier molecular flexibility index (Phi) is 4.80. The molecule has 1 aromatic carbocycles. The van der Waals surface area contributed by atoms with Gasteiger partial charge in [-0.05, 0) is 24.6 Å². The lowest BCUT2D eigenvalue weighted by Gasteiger charge is -2.29. The minimum absolute atomic E-state index is 0.459. The molecule has 21 heavy (non-hydrogen) atoms. The van der Waals surface area contributed by atoms with Crippen molar-refractivity contribution in [2.75, 3.05) is 32.8 Å². The fourth-order valence-corrected chi connectivity index (χ4v) is 3.00. The predicted molar refractivity (Wildman–Crippen MR) is 86.9 cm³/mol. The number of fused-ring (bicyclic) bond motifs is 1. The Morgan fingerprint density at radius 2 is 2.19 bits per heavy atom. The van der Waals surface area contributed by atoms with Crippen LogP contribution in [0.1, 0.15) is 12.5 Å². The molecular weight excluding hydrogens is 286 g/mol. The summed E-state index contributed by atoms with van der Waals surface area (Å²) in [6.07, 6.45) is 2.06. The monoisotopic (exact) mass is 307 g/mol. The zero-order valence-corrected chi connectivity index (χ0v) is 13.1. The van der Waals surface area contributed by atoms with Gasteiger partial charge in [-0.15, -0.1) is 0 Å². The number of ether oxygens (including phenoxy) is 1. The standard InChI is InChI=1S/C16H22ClN3O/c1-12(11-20-4-6-21-7-5-20)18-9-13-10-19-16-8-14(17)2-3-15(13)16/h2-3,8,10,12,18-19H,4-7,9,11H2,1H3. The molecule has 0 saturated carbocycles. The molecule has 5 heteroatoms. The third-order valence-electron chi connectivity index (χ3n) is 4.01. The minimum atomic E-state index is 0.459. The van der Waals surface area contributed by atoms with Crippen LogP contribution >= 0.6 is 11.6 Å². The normalized spacial score (nSPS) is 18.2. The van der Waals surface area contributed by atoms with Crippen LogP contribution < -0.4 is 5.32 Å². The molecule has 1 unspecified atom stereocenters. The number of halogens is 1. The highest BCUT2D eigenvalue weighted by atomic mass is 35.5. The summed E-state index contributed by atoms with van der Waals surface area (Å²) in [4.78, 5) is 5.74. The lowest BCUT2D eigenvalue weighted by molar-refractivity contribution is 0.0343. The van der Waals surface area contributed by atoms with E-state index in [1.807, 2.05) is 12.1 Å². The van der Waals surface area contributed by atoms with E-state index < -0.39 is 0 Å². The zero-order valence-electron chi connectivity index (χ0n) is 12.4. The summed E-state index contributed by atoms with van der Waals surface area (Å²) in [6, 6.07) is 6.45. The highest BCUT2D eigenvalue weighted by Gasteiger charge is 2.13. The summed E-state index contributed by atoms with van der Waals surface area (Å²) in [7, 11) is 0. The minimum Gasteiger partial charge on any atom is -0.379 e. The summed E-state index contributed by atoms with van der Waals surface area (Å²) in [5.74, 6) is 0. The van der Waals surface area contributed by atoms with E-state index in [0.29, 0.717) is 6.04 Å². The first-order valence-corrected chi connectivity index (χ1v) is 7.89. The summed E-state index contributed by atoms with van der Waals surface area (Å²) in [5, 5.41) is 5.61. The first-order valence-electron chi connectivity index (χ1n) is 7.51. The van der Waals surface area contributed by atoms with E-state index in [4.69, 9.17) is 16.3 Å². The number of morpholine rings is 1. The van der Waals surface area contributed by atoms with Gasteiger partial charge in [0.15, 0.2) is 0 Å². The van der Waals surface area contributed by atoms with E-state index in [-0.39, 0.29) is 0 Å². The molecule has 4 nitrogen and oxygen atoms in total. The van der Waals surface area contributed by atoms with Crippen molar-refractivity contribution in [2.45, 2.75) is 19.5 Å². The van der Waals surface area contributed by atoms with Crippen molar-refractivity contribution in [3.63, 3.8) is 0 Å². The summed E-state index contributed by atoms with van der Waals surface area (Å²) in [6.45, 7) is 7.97. The quantitative estimate of drug-likeness (QED) is 0.892. The van der Waals surface area contributed by atoms with Crippen molar-refractivity contribution >= 4 is 22.5 Å². The van der Waals surface area contributed by atoms with Crippen LogP contribution in [0.5, 0.6) is 0 Å². The molecule has 3 rings (SSSR count). The van der Waals surface area contributed by atoms with Gasteiger partial charge in [-0.25, -0.2) is 0 Å². The van der Waals surface area contributed by atoms with Crippen molar-refractivity contribution in [1.29, 1.82) is 0 Å². The first-order chi connectivity index (χ1) is 10.2. The molecule has 1 atom stereocenters. The van der Waals surface area contributed by atoms with Crippen LogP contribution in [0.15, 0.2) is 24.4 Å². The smallest absolute Gasteiger partial charge is 0.0594 e. The number of hydrogen-bond acceptors (Lipinski definition) is 3. The molecule has 1 saturated heterocycles. The molecule has 1 fully saturated rings. The Morgan fingerprint density at radius 1 is 1.38 bits per heavy atom. The van der Waals surface area contributed by atoms with Crippen molar-refractivity contribution in [3.05, 3.63) is 35.0 Å². The maximum Gasteiger partial charge on any atom is 0.0594 e. The fourth-order valence-electron chi connectivity index (χ4n) is 2.82. The number of benzene rings is 1. The Morgan fingerprint density at radius 3 is 3.00 bits per heavy atom. The Labute approximate surface area is 130 Å². The Balaban J connectivity index is 1.55. The van der Waals surface area contributed by atoms with Crippen LogP contribution in [0.4, 0.5) is 0 Å². The van der Waals surface area contributed by atoms with E-state index in [0.717, 1.165) is 49.9 Å². The highest BCUT2D eigenvalue weighted by Crippen LogP contribution is 2.21. The molecule has 0 bridgehead atoms.